The highest BCUT2D eigenvalue weighted by atomic mass is 32.1. The van der Waals surface area contributed by atoms with Gasteiger partial charge in [0, 0.05) is 22.4 Å². The molecule has 10 heteroatoms. The molecular formula is C21H26N6O3S. The molecule has 9 nitrogen and oxygen atoms in total. The lowest BCUT2D eigenvalue weighted by Crippen LogP contribution is -2.41. The minimum Gasteiger partial charge on any atom is -0.497 e. The molecule has 31 heavy (non-hydrogen) atoms. The lowest BCUT2D eigenvalue weighted by Gasteiger charge is -2.36. The molecular weight excluding hydrogens is 416 g/mol. The second kappa shape index (κ2) is 9.44. The number of rotatable bonds is 8. The first-order valence-electron chi connectivity index (χ1n) is 10.1. The number of ether oxygens (including phenoxy) is 2. The molecule has 2 N–H and O–H groups in total. The van der Waals surface area contributed by atoms with E-state index in [-0.39, 0.29) is 17.9 Å². The number of piperidine rings is 1. The summed E-state index contributed by atoms with van der Waals surface area (Å²) in [5, 5.41) is 14.7. The predicted molar refractivity (Wildman–Crippen MR) is 116 cm³/mol. The van der Waals surface area contributed by atoms with Crippen molar-refractivity contribution in [3.05, 3.63) is 52.0 Å². The minimum absolute atomic E-state index is 0.100. The topological polar surface area (TPSA) is 108 Å². The number of thiophene rings is 1. The van der Waals surface area contributed by atoms with Crippen molar-refractivity contribution in [3.8, 4) is 11.5 Å². The number of aromatic nitrogens is 4. The Morgan fingerprint density at radius 3 is 2.71 bits per heavy atom. The number of carbonyl (C=O) groups excluding carboxylic acids is 1. The minimum atomic E-state index is -0.235. The van der Waals surface area contributed by atoms with Crippen LogP contribution < -0.4 is 15.2 Å². The molecule has 0 aliphatic carbocycles. The van der Waals surface area contributed by atoms with E-state index in [1.807, 2.05) is 34.3 Å². The number of tetrazole rings is 1. The number of methoxy groups -OCH3 is 2. The van der Waals surface area contributed by atoms with Gasteiger partial charge in [-0.25, -0.2) is 4.68 Å². The molecule has 0 unspecified atom stereocenters. The number of amides is 1. The molecule has 1 atom stereocenters. The van der Waals surface area contributed by atoms with Gasteiger partial charge in [0.15, 0.2) is 5.82 Å². The lowest BCUT2D eigenvalue weighted by atomic mass is 9.93. The SMILES string of the molecule is COc1ccc([C@H](c2nnnn2Cc2cccs2)N2CCC(C(N)=O)CC2)c(OC)c1. The fraction of sp³-hybridized carbons (Fsp3) is 0.429. The third-order valence-electron chi connectivity index (χ3n) is 5.72. The fourth-order valence-corrected chi connectivity index (χ4v) is 4.74. The van der Waals surface area contributed by atoms with Crippen LogP contribution in [0.15, 0.2) is 35.7 Å². The van der Waals surface area contributed by atoms with Gasteiger partial charge < -0.3 is 15.2 Å². The first kappa shape index (κ1) is 21.3. The first-order chi connectivity index (χ1) is 15.1. The monoisotopic (exact) mass is 442 g/mol. The zero-order valence-electron chi connectivity index (χ0n) is 17.6. The maximum absolute atomic E-state index is 11.7. The van der Waals surface area contributed by atoms with E-state index in [0.717, 1.165) is 11.4 Å². The number of benzene rings is 1. The van der Waals surface area contributed by atoms with Gasteiger partial charge in [-0.3, -0.25) is 9.69 Å². The van der Waals surface area contributed by atoms with Gasteiger partial charge in [-0.05, 0) is 59.9 Å². The number of hydrogen-bond acceptors (Lipinski definition) is 8. The summed E-state index contributed by atoms with van der Waals surface area (Å²) in [4.78, 5) is 15.1. The predicted octanol–water partition coefficient (Wildman–Crippen LogP) is 2.09. The summed E-state index contributed by atoms with van der Waals surface area (Å²) in [5.74, 6) is 1.81. The number of nitrogens with two attached hydrogens (primary N) is 1. The Morgan fingerprint density at radius 2 is 2.06 bits per heavy atom. The third-order valence-corrected chi connectivity index (χ3v) is 6.58. The Bertz CT molecular complexity index is 1010. The number of likely N-dealkylation sites (tertiary alicyclic amines) is 1. The van der Waals surface area contributed by atoms with Crippen LogP contribution in [0.25, 0.3) is 0 Å². The Kier molecular flexibility index (Phi) is 6.47. The van der Waals surface area contributed by atoms with Gasteiger partial charge in [0.2, 0.25) is 5.91 Å². The fourth-order valence-electron chi connectivity index (χ4n) is 4.06. The highest BCUT2D eigenvalue weighted by Gasteiger charge is 2.34. The van der Waals surface area contributed by atoms with Crippen LogP contribution in [-0.2, 0) is 11.3 Å². The van der Waals surface area contributed by atoms with Gasteiger partial charge in [0.05, 0.1) is 20.8 Å². The number of nitrogens with zero attached hydrogens (tertiary/aromatic N) is 5. The molecule has 1 aromatic carbocycles. The summed E-state index contributed by atoms with van der Waals surface area (Å²) in [5.41, 5.74) is 6.49. The van der Waals surface area contributed by atoms with Gasteiger partial charge >= 0.3 is 0 Å². The molecule has 1 aliphatic heterocycles. The van der Waals surface area contributed by atoms with E-state index < -0.39 is 0 Å². The van der Waals surface area contributed by atoms with Crippen molar-refractivity contribution >= 4 is 17.2 Å². The van der Waals surface area contributed by atoms with Gasteiger partial charge in [0.1, 0.15) is 17.5 Å². The normalized spacial score (nSPS) is 16.2. The molecule has 3 aromatic rings. The zero-order valence-corrected chi connectivity index (χ0v) is 18.4. The second-order valence-corrected chi connectivity index (χ2v) is 8.53. The molecule has 0 radical (unpaired) electrons. The highest BCUT2D eigenvalue weighted by Crippen LogP contribution is 2.38. The van der Waals surface area contributed by atoms with Crippen molar-refractivity contribution in [2.75, 3.05) is 27.3 Å². The first-order valence-corrected chi connectivity index (χ1v) is 11.0. The molecule has 0 bridgehead atoms. The van der Waals surface area contributed by atoms with E-state index >= 15 is 0 Å². The second-order valence-electron chi connectivity index (χ2n) is 7.50. The zero-order chi connectivity index (χ0) is 21.8. The van der Waals surface area contributed by atoms with Crippen molar-refractivity contribution in [2.45, 2.75) is 25.4 Å². The molecule has 4 rings (SSSR count). The molecule has 2 aromatic heterocycles. The molecule has 1 amide bonds. The lowest BCUT2D eigenvalue weighted by molar-refractivity contribution is -0.123. The maximum Gasteiger partial charge on any atom is 0.220 e. The van der Waals surface area contributed by atoms with Crippen LogP contribution >= 0.6 is 11.3 Å². The van der Waals surface area contributed by atoms with Crippen molar-refractivity contribution < 1.29 is 14.3 Å². The van der Waals surface area contributed by atoms with E-state index in [1.165, 1.54) is 4.88 Å². The van der Waals surface area contributed by atoms with E-state index in [4.69, 9.17) is 15.2 Å². The van der Waals surface area contributed by atoms with Gasteiger partial charge in [-0.1, -0.05) is 6.07 Å². The molecule has 1 saturated heterocycles. The summed E-state index contributed by atoms with van der Waals surface area (Å²) in [6, 6.07) is 9.62. The maximum atomic E-state index is 11.7. The van der Waals surface area contributed by atoms with Gasteiger partial charge in [-0.15, -0.1) is 16.4 Å². The average molecular weight is 443 g/mol. The van der Waals surface area contributed by atoms with Crippen LogP contribution in [0.4, 0.5) is 0 Å². The molecule has 0 saturated carbocycles. The molecule has 1 fully saturated rings. The van der Waals surface area contributed by atoms with Crippen LogP contribution in [0.1, 0.15) is 35.1 Å². The molecule has 3 heterocycles. The molecule has 0 spiro atoms. The van der Waals surface area contributed by atoms with Crippen molar-refractivity contribution in [1.29, 1.82) is 0 Å². The average Bonchev–Trinajstić information content (AvgIpc) is 3.47. The van der Waals surface area contributed by atoms with E-state index in [2.05, 4.69) is 26.5 Å². The van der Waals surface area contributed by atoms with Crippen LogP contribution in [0.2, 0.25) is 0 Å². The molecule has 164 valence electrons. The van der Waals surface area contributed by atoms with Crippen molar-refractivity contribution in [3.63, 3.8) is 0 Å². The van der Waals surface area contributed by atoms with E-state index in [1.54, 1.807) is 25.6 Å². The smallest absolute Gasteiger partial charge is 0.220 e. The van der Waals surface area contributed by atoms with Gasteiger partial charge in [-0.2, -0.15) is 0 Å². The summed E-state index contributed by atoms with van der Waals surface area (Å²) in [6.07, 6.45) is 1.41. The number of carbonyl (C=O) groups is 1. The highest BCUT2D eigenvalue weighted by molar-refractivity contribution is 7.09. The van der Waals surface area contributed by atoms with Crippen LogP contribution in [0.3, 0.4) is 0 Å². The molecule has 1 aliphatic rings. The quantitative estimate of drug-likeness (QED) is 0.569. The Hall–Kier alpha value is -2.98. The van der Waals surface area contributed by atoms with E-state index in [0.29, 0.717) is 44.0 Å². The number of hydrogen-bond donors (Lipinski definition) is 1. The Balaban J connectivity index is 1.73. The van der Waals surface area contributed by atoms with Crippen LogP contribution in [0, 0.1) is 5.92 Å². The number of primary amides is 1. The summed E-state index contributed by atoms with van der Waals surface area (Å²) in [6.45, 7) is 2.01. The Labute approximate surface area is 184 Å². The van der Waals surface area contributed by atoms with Gasteiger partial charge in [0.25, 0.3) is 0 Å². The van der Waals surface area contributed by atoms with Crippen LogP contribution in [-0.4, -0.2) is 58.3 Å². The summed E-state index contributed by atoms with van der Waals surface area (Å²) < 4.78 is 12.9. The third kappa shape index (κ3) is 4.54. The Morgan fingerprint density at radius 1 is 1.26 bits per heavy atom. The van der Waals surface area contributed by atoms with Crippen molar-refractivity contribution in [2.24, 2.45) is 11.7 Å². The summed E-state index contributed by atoms with van der Waals surface area (Å²) >= 11 is 1.67. The van der Waals surface area contributed by atoms with Crippen LogP contribution in [0.5, 0.6) is 11.5 Å². The van der Waals surface area contributed by atoms with E-state index in [9.17, 15) is 4.79 Å². The van der Waals surface area contributed by atoms with Crippen molar-refractivity contribution in [1.82, 2.24) is 25.1 Å². The standard InChI is InChI=1S/C21H26N6O3S/c1-29-15-5-6-17(18(12-15)30-2)19(26-9-7-14(8-10-26)20(22)28)21-23-24-25-27(21)13-16-4-3-11-31-16/h3-6,11-12,14,19H,7-10,13H2,1-2H3,(H2,22,28)/t19-/m1/s1. The summed E-state index contributed by atoms with van der Waals surface area (Å²) in [7, 11) is 3.27. The largest absolute Gasteiger partial charge is 0.497 e.